The number of hydrogen-bond acceptors (Lipinski definition) is 5. The Hall–Kier alpha value is 0.280. The summed E-state index contributed by atoms with van der Waals surface area (Å²) in [5.74, 6) is -0.168. The number of hydroxylamine groups is 4. The Kier molecular flexibility index (Phi) is 3.45. The van der Waals surface area contributed by atoms with Crippen LogP contribution in [0.15, 0.2) is 0 Å². The summed E-state index contributed by atoms with van der Waals surface area (Å²) in [7, 11) is 0. The van der Waals surface area contributed by atoms with Gasteiger partial charge in [-0.15, -0.1) is 0 Å². The maximum absolute atomic E-state index is 11.0. The summed E-state index contributed by atoms with van der Waals surface area (Å²) in [4.78, 5) is -0.375. The van der Waals surface area contributed by atoms with E-state index in [1.807, 2.05) is 0 Å². The van der Waals surface area contributed by atoms with E-state index in [0.717, 1.165) is 5.06 Å². The standard InChI is InChI=1S/C6H11BrN2O3/c1-4-5(9(11)12)2-3-8(10)6(4)7/h4-6,11H,2-3H2,1H3/q-2. The summed E-state index contributed by atoms with van der Waals surface area (Å²) >= 11 is 3.16. The molecular formula is C6H11BrN2O3-2. The van der Waals surface area contributed by atoms with E-state index >= 15 is 0 Å². The average Bonchev–Trinajstić information content (AvgIpc) is 2.00. The van der Waals surface area contributed by atoms with Crippen LogP contribution in [0.3, 0.4) is 0 Å². The molecule has 6 heteroatoms. The van der Waals surface area contributed by atoms with Crippen molar-refractivity contribution in [3.63, 3.8) is 0 Å². The van der Waals surface area contributed by atoms with Crippen molar-refractivity contribution in [2.24, 2.45) is 5.92 Å². The van der Waals surface area contributed by atoms with Crippen molar-refractivity contribution in [1.29, 1.82) is 0 Å². The van der Waals surface area contributed by atoms with E-state index in [9.17, 15) is 10.4 Å². The lowest BCUT2D eigenvalue weighted by atomic mass is 9.95. The monoisotopic (exact) mass is 238 g/mol. The fraction of sp³-hybridized carbons (Fsp3) is 1.00. The van der Waals surface area contributed by atoms with Crippen LogP contribution >= 0.6 is 15.9 Å². The second-order valence-corrected chi connectivity index (χ2v) is 3.97. The summed E-state index contributed by atoms with van der Waals surface area (Å²) < 4.78 is 0. The second kappa shape index (κ2) is 3.99. The quantitative estimate of drug-likeness (QED) is 0.421. The minimum absolute atomic E-state index is 0.0497. The molecule has 0 saturated carbocycles. The van der Waals surface area contributed by atoms with Crippen LogP contribution in [0.5, 0.6) is 0 Å². The molecule has 12 heavy (non-hydrogen) atoms. The van der Waals surface area contributed by atoms with Crippen LogP contribution in [0.1, 0.15) is 13.3 Å². The zero-order valence-corrected chi connectivity index (χ0v) is 8.27. The molecular weight excluding hydrogens is 228 g/mol. The predicted molar refractivity (Wildman–Crippen MR) is 47.3 cm³/mol. The lowest BCUT2D eigenvalue weighted by Crippen LogP contribution is -2.49. The summed E-state index contributed by atoms with van der Waals surface area (Å²) in [6.07, 6.45) is 0.409. The van der Waals surface area contributed by atoms with Crippen molar-refractivity contribution in [2.45, 2.75) is 24.3 Å². The van der Waals surface area contributed by atoms with Crippen molar-refractivity contribution in [3.8, 4) is 0 Å². The van der Waals surface area contributed by atoms with Gasteiger partial charge in [0.05, 0.1) is 4.95 Å². The molecule has 5 nitrogen and oxygen atoms in total. The summed E-state index contributed by atoms with van der Waals surface area (Å²) in [5, 5.41) is 31.2. The topological polar surface area (TPSA) is 72.8 Å². The zero-order valence-electron chi connectivity index (χ0n) is 6.68. The third-order valence-electron chi connectivity index (χ3n) is 2.24. The highest BCUT2D eigenvalue weighted by Crippen LogP contribution is 2.29. The van der Waals surface area contributed by atoms with Gasteiger partial charge in [0.2, 0.25) is 0 Å². The van der Waals surface area contributed by atoms with E-state index in [1.54, 1.807) is 6.92 Å². The molecule has 0 aromatic heterocycles. The van der Waals surface area contributed by atoms with Gasteiger partial charge in [0.1, 0.15) is 0 Å². The molecule has 0 aromatic carbocycles. The number of hydrogen-bond donors (Lipinski definition) is 1. The van der Waals surface area contributed by atoms with Crippen LogP contribution < -0.4 is 0 Å². The van der Waals surface area contributed by atoms with E-state index < -0.39 is 6.04 Å². The Bertz CT molecular complexity index is 158. The minimum Gasteiger partial charge on any atom is -0.784 e. The number of alkyl halides is 1. The third-order valence-corrected chi connectivity index (χ3v) is 3.54. The zero-order chi connectivity index (χ0) is 9.30. The van der Waals surface area contributed by atoms with Gasteiger partial charge in [-0.05, 0) is 18.9 Å². The SMILES string of the molecule is CC1C(N([O-])O)CCN([O-])C1Br. The molecule has 0 amide bonds. The van der Waals surface area contributed by atoms with Crippen LogP contribution in [0, 0.1) is 16.3 Å². The van der Waals surface area contributed by atoms with E-state index in [1.165, 1.54) is 0 Å². The van der Waals surface area contributed by atoms with Gasteiger partial charge in [0.25, 0.3) is 0 Å². The second-order valence-electron chi connectivity index (χ2n) is 3.03. The molecule has 3 unspecified atom stereocenters. The predicted octanol–water partition coefficient (Wildman–Crippen LogP) is 1.10. The lowest BCUT2D eigenvalue weighted by Gasteiger charge is -2.48. The summed E-state index contributed by atoms with van der Waals surface area (Å²) in [6.45, 7) is 2.04. The molecule has 0 bridgehead atoms. The van der Waals surface area contributed by atoms with Gasteiger partial charge in [-0.2, -0.15) is 0 Å². The van der Waals surface area contributed by atoms with Crippen molar-refractivity contribution < 1.29 is 5.21 Å². The van der Waals surface area contributed by atoms with Gasteiger partial charge in [-0.1, -0.05) is 22.9 Å². The molecule has 72 valence electrons. The van der Waals surface area contributed by atoms with Crippen molar-refractivity contribution in [3.05, 3.63) is 10.4 Å². The van der Waals surface area contributed by atoms with E-state index in [-0.39, 0.29) is 22.6 Å². The van der Waals surface area contributed by atoms with Crippen LogP contribution in [-0.2, 0) is 0 Å². The molecule has 1 heterocycles. The minimum atomic E-state index is -0.473. The Morgan fingerprint density at radius 2 is 2.25 bits per heavy atom. The highest BCUT2D eigenvalue weighted by Gasteiger charge is 2.29. The van der Waals surface area contributed by atoms with Crippen LogP contribution in [0.4, 0.5) is 0 Å². The Labute approximate surface area is 79.2 Å². The number of rotatable bonds is 1. The Morgan fingerprint density at radius 3 is 2.75 bits per heavy atom. The fourth-order valence-electron chi connectivity index (χ4n) is 1.40. The van der Waals surface area contributed by atoms with Crippen LogP contribution in [0.25, 0.3) is 0 Å². The first kappa shape index (κ1) is 10.4. The largest absolute Gasteiger partial charge is 0.784 e. The van der Waals surface area contributed by atoms with Gasteiger partial charge in [0, 0.05) is 6.04 Å². The Balaban J connectivity index is 2.58. The molecule has 3 atom stereocenters. The molecule has 1 fully saturated rings. The Morgan fingerprint density at radius 1 is 1.67 bits per heavy atom. The van der Waals surface area contributed by atoms with Crippen molar-refractivity contribution >= 4 is 15.9 Å². The third kappa shape index (κ3) is 1.95. The molecule has 1 aliphatic rings. The van der Waals surface area contributed by atoms with Crippen LogP contribution in [0.2, 0.25) is 0 Å². The van der Waals surface area contributed by atoms with Gasteiger partial charge in [-0.25, -0.2) is 0 Å². The molecule has 0 spiro atoms. The number of piperidine rings is 1. The number of nitrogens with zero attached hydrogens (tertiary/aromatic N) is 2. The molecule has 0 aliphatic carbocycles. The molecule has 1 rings (SSSR count). The van der Waals surface area contributed by atoms with E-state index in [0.29, 0.717) is 6.42 Å². The lowest BCUT2D eigenvalue weighted by molar-refractivity contribution is -0.110. The molecule has 0 aromatic rings. The van der Waals surface area contributed by atoms with Gasteiger partial charge in [-0.3, -0.25) is 5.23 Å². The first-order chi connectivity index (χ1) is 5.54. The molecule has 1 N–H and O–H groups in total. The van der Waals surface area contributed by atoms with Crippen molar-refractivity contribution in [1.82, 2.24) is 10.3 Å². The van der Waals surface area contributed by atoms with E-state index in [4.69, 9.17) is 5.21 Å². The van der Waals surface area contributed by atoms with Gasteiger partial charge < -0.3 is 20.7 Å². The van der Waals surface area contributed by atoms with Crippen molar-refractivity contribution in [2.75, 3.05) is 6.54 Å². The molecule has 0 radical (unpaired) electrons. The smallest absolute Gasteiger partial charge is 0.0583 e. The highest BCUT2D eigenvalue weighted by atomic mass is 79.9. The average molecular weight is 239 g/mol. The summed E-state index contributed by atoms with van der Waals surface area (Å²) in [6, 6.07) is -0.473. The van der Waals surface area contributed by atoms with Crippen LogP contribution in [-0.4, -0.2) is 33.0 Å². The summed E-state index contributed by atoms with van der Waals surface area (Å²) in [5.41, 5.74) is 0. The highest BCUT2D eigenvalue weighted by molar-refractivity contribution is 9.09. The molecule has 1 aliphatic heterocycles. The van der Waals surface area contributed by atoms with Gasteiger partial charge >= 0.3 is 0 Å². The maximum atomic E-state index is 11.0. The number of halogens is 1. The molecule has 1 saturated heterocycles. The van der Waals surface area contributed by atoms with E-state index in [2.05, 4.69) is 15.9 Å². The first-order valence-electron chi connectivity index (χ1n) is 3.77. The normalized spacial score (nSPS) is 39.0. The maximum Gasteiger partial charge on any atom is 0.0583 e. The van der Waals surface area contributed by atoms with Gasteiger partial charge in [0.15, 0.2) is 0 Å². The first-order valence-corrected chi connectivity index (χ1v) is 4.68. The fourth-order valence-corrected chi connectivity index (χ4v) is 1.96.